The molecule has 78 valence electrons. The minimum atomic E-state index is -0.492. The molecule has 0 N–H and O–H groups in total. The topological polar surface area (TPSA) is 0 Å². The van der Waals surface area contributed by atoms with Gasteiger partial charge in [-0.2, -0.15) is 0 Å². The van der Waals surface area contributed by atoms with Crippen LogP contribution in [0.3, 0.4) is 0 Å². The number of rotatable bonds is 2. The second-order valence-corrected chi connectivity index (χ2v) is 5.16. The van der Waals surface area contributed by atoms with E-state index in [0.29, 0.717) is 5.92 Å². The summed E-state index contributed by atoms with van der Waals surface area (Å²) in [5, 5.41) is 0. The van der Waals surface area contributed by atoms with Crippen molar-refractivity contribution in [2.45, 2.75) is 37.4 Å². The van der Waals surface area contributed by atoms with Crippen molar-refractivity contribution in [3.63, 3.8) is 0 Å². The summed E-state index contributed by atoms with van der Waals surface area (Å²) in [7, 11) is 0. The first kappa shape index (κ1) is 11.9. The Morgan fingerprint density at radius 3 is 2.14 bits per heavy atom. The van der Waals surface area contributed by atoms with Crippen molar-refractivity contribution in [1.29, 1.82) is 0 Å². The number of hydrogen-bond acceptors (Lipinski definition) is 0. The molecule has 0 nitrogen and oxygen atoms in total. The molecule has 2 rings (SSSR count). The number of halogens is 2. The molecule has 0 heterocycles. The normalized spacial score (nSPS) is 22.6. The van der Waals surface area contributed by atoms with Gasteiger partial charge in [0.2, 0.25) is 0 Å². The van der Waals surface area contributed by atoms with E-state index in [1.165, 1.54) is 11.1 Å². The molecule has 0 aliphatic heterocycles. The zero-order chi connectivity index (χ0) is 9.47. The van der Waals surface area contributed by atoms with Crippen molar-refractivity contribution < 1.29 is 0 Å². The van der Waals surface area contributed by atoms with Crippen LogP contribution in [-0.4, -0.2) is 4.33 Å². The maximum atomic E-state index is 5.98. The Kier molecular flexibility index (Phi) is 3.49. The molecule has 1 aromatic carbocycles. The summed E-state index contributed by atoms with van der Waals surface area (Å²) >= 11 is 12.0. The molecule has 0 bridgehead atoms. The molecule has 0 radical (unpaired) electrons. The van der Waals surface area contributed by atoms with E-state index >= 15 is 0 Å². The van der Waals surface area contributed by atoms with Gasteiger partial charge >= 0.3 is 0 Å². The molecule has 1 fully saturated rings. The van der Waals surface area contributed by atoms with Crippen LogP contribution in [0.15, 0.2) is 24.3 Å². The van der Waals surface area contributed by atoms with Gasteiger partial charge in [-0.05, 0) is 24.0 Å². The molecule has 14 heavy (non-hydrogen) atoms. The van der Waals surface area contributed by atoms with Crippen LogP contribution in [0.2, 0.25) is 0 Å². The van der Waals surface area contributed by atoms with Gasteiger partial charge in [0.1, 0.15) is 4.33 Å². The van der Waals surface area contributed by atoms with Gasteiger partial charge in [-0.25, -0.2) is 0 Å². The summed E-state index contributed by atoms with van der Waals surface area (Å²) in [5.41, 5.74) is 2.63. The average Bonchev–Trinajstić information content (AvgIpc) is 2.76. The first-order valence-corrected chi connectivity index (χ1v) is 5.36. The largest absolute Gasteiger partial charge is 0.125 e. The van der Waals surface area contributed by atoms with E-state index in [9.17, 15) is 0 Å². The monoisotopic (exact) mass is 230 g/mol. The van der Waals surface area contributed by atoms with Crippen molar-refractivity contribution in [3.05, 3.63) is 35.4 Å². The molecule has 1 aliphatic rings. The Labute approximate surface area is 96.2 Å². The Balaban J connectivity index is 0.000000980. The first-order valence-electron chi connectivity index (χ1n) is 4.60. The summed E-state index contributed by atoms with van der Waals surface area (Å²) < 4.78 is -0.492. The third-order valence-electron chi connectivity index (χ3n) is 2.62. The fraction of sp³-hybridized carbons (Fsp3) is 0.500. The van der Waals surface area contributed by atoms with Crippen molar-refractivity contribution >= 4 is 23.2 Å². The Morgan fingerprint density at radius 2 is 1.79 bits per heavy atom. The van der Waals surface area contributed by atoms with Crippen molar-refractivity contribution in [2.75, 3.05) is 0 Å². The minimum Gasteiger partial charge on any atom is -0.101 e. The van der Waals surface area contributed by atoms with Crippen LogP contribution in [0, 0.1) is 0 Å². The lowest BCUT2D eigenvalue weighted by Gasteiger charge is -2.01. The van der Waals surface area contributed by atoms with Gasteiger partial charge in [0, 0.05) is 5.92 Å². The predicted octanol–water partition coefficient (Wildman–Crippen LogP) is 4.55. The van der Waals surface area contributed by atoms with Gasteiger partial charge in [0.15, 0.2) is 0 Å². The second kappa shape index (κ2) is 4.12. The molecule has 1 unspecified atom stereocenters. The van der Waals surface area contributed by atoms with Crippen LogP contribution in [0.1, 0.15) is 37.8 Å². The molecule has 1 aromatic rings. The van der Waals surface area contributed by atoms with Gasteiger partial charge < -0.3 is 0 Å². The summed E-state index contributed by atoms with van der Waals surface area (Å²) in [6, 6.07) is 8.57. The zero-order valence-corrected chi connectivity index (χ0v) is 9.07. The van der Waals surface area contributed by atoms with Gasteiger partial charge in [0.05, 0.1) is 0 Å². The highest BCUT2D eigenvalue weighted by atomic mass is 35.5. The summed E-state index contributed by atoms with van der Waals surface area (Å²) in [5.74, 6) is 0.349. The molecule has 1 atom stereocenters. The lowest BCUT2D eigenvalue weighted by Crippen LogP contribution is -1.90. The molecule has 1 aliphatic carbocycles. The van der Waals surface area contributed by atoms with Crippen LogP contribution in [0.4, 0.5) is 0 Å². The molecular formula is C12H16Cl2. The molecule has 0 saturated heterocycles. The Morgan fingerprint density at radius 1 is 1.29 bits per heavy atom. The summed E-state index contributed by atoms with van der Waals surface area (Å²) in [6.07, 6.45) is 1.97. The summed E-state index contributed by atoms with van der Waals surface area (Å²) in [4.78, 5) is 0. The second-order valence-electron chi connectivity index (χ2n) is 3.61. The standard InChI is InChI=1S/C11H12Cl2.CH4/c1-2-8-3-5-9(6-4-8)10-7-11(10,12)13;/h3-6,10H,2,7H2,1H3;1H4. The highest BCUT2D eigenvalue weighted by Crippen LogP contribution is 2.59. The van der Waals surface area contributed by atoms with E-state index in [1.54, 1.807) is 0 Å². The number of aryl methyl sites for hydroxylation is 1. The van der Waals surface area contributed by atoms with Crippen molar-refractivity contribution in [1.82, 2.24) is 0 Å². The first-order chi connectivity index (χ1) is 6.13. The average molecular weight is 231 g/mol. The third kappa shape index (κ3) is 2.24. The molecule has 2 heteroatoms. The van der Waals surface area contributed by atoms with E-state index in [-0.39, 0.29) is 7.43 Å². The third-order valence-corrected chi connectivity index (χ3v) is 3.45. The molecule has 0 spiro atoms. The maximum Gasteiger partial charge on any atom is 0.125 e. The van der Waals surface area contributed by atoms with Gasteiger partial charge in [-0.15, -0.1) is 23.2 Å². The van der Waals surface area contributed by atoms with Crippen LogP contribution in [0.5, 0.6) is 0 Å². The number of benzene rings is 1. The molecule has 0 amide bonds. The fourth-order valence-corrected chi connectivity index (χ4v) is 2.12. The van der Waals surface area contributed by atoms with E-state index in [0.717, 1.165) is 12.8 Å². The molecule has 1 saturated carbocycles. The maximum absolute atomic E-state index is 5.98. The van der Waals surface area contributed by atoms with Crippen molar-refractivity contribution in [2.24, 2.45) is 0 Å². The smallest absolute Gasteiger partial charge is 0.101 e. The van der Waals surface area contributed by atoms with E-state index in [2.05, 4.69) is 31.2 Å². The molecular weight excluding hydrogens is 215 g/mol. The SMILES string of the molecule is C.CCc1ccc(C2CC2(Cl)Cl)cc1. The van der Waals surface area contributed by atoms with Crippen LogP contribution >= 0.6 is 23.2 Å². The highest BCUT2D eigenvalue weighted by Gasteiger charge is 2.52. The van der Waals surface area contributed by atoms with Crippen LogP contribution in [0.25, 0.3) is 0 Å². The Bertz CT molecular complexity index is 301. The predicted molar refractivity (Wildman–Crippen MR) is 64.3 cm³/mol. The van der Waals surface area contributed by atoms with Crippen LogP contribution in [-0.2, 0) is 6.42 Å². The van der Waals surface area contributed by atoms with Crippen molar-refractivity contribution in [3.8, 4) is 0 Å². The number of hydrogen-bond donors (Lipinski definition) is 0. The van der Waals surface area contributed by atoms with E-state index in [1.807, 2.05) is 0 Å². The van der Waals surface area contributed by atoms with Gasteiger partial charge in [0.25, 0.3) is 0 Å². The van der Waals surface area contributed by atoms with E-state index < -0.39 is 4.33 Å². The number of alkyl halides is 2. The van der Waals surface area contributed by atoms with Gasteiger partial charge in [-0.1, -0.05) is 38.6 Å². The fourth-order valence-electron chi connectivity index (χ4n) is 1.56. The molecule has 0 aromatic heterocycles. The highest BCUT2D eigenvalue weighted by molar-refractivity contribution is 6.51. The lowest BCUT2D eigenvalue weighted by molar-refractivity contribution is 1.08. The van der Waals surface area contributed by atoms with E-state index in [4.69, 9.17) is 23.2 Å². The quantitative estimate of drug-likeness (QED) is 0.655. The Hall–Kier alpha value is -0.200. The minimum absolute atomic E-state index is 0. The lowest BCUT2D eigenvalue weighted by atomic mass is 10.1. The zero-order valence-electron chi connectivity index (χ0n) is 7.56. The van der Waals surface area contributed by atoms with Gasteiger partial charge in [-0.3, -0.25) is 0 Å². The van der Waals surface area contributed by atoms with Crippen LogP contribution < -0.4 is 0 Å². The summed E-state index contributed by atoms with van der Waals surface area (Å²) in [6.45, 7) is 2.15.